The Balaban J connectivity index is 0.925. The largest absolute Gasteiger partial charge is 0.456 e. The third kappa shape index (κ3) is 6.20. The molecule has 2 heteroatoms. The fourth-order valence-electron chi connectivity index (χ4n) is 9.38. The second kappa shape index (κ2) is 14.8. The van der Waals surface area contributed by atoms with Crippen LogP contribution in [-0.2, 0) is 0 Å². The summed E-state index contributed by atoms with van der Waals surface area (Å²) in [7, 11) is 0. The van der Waals surface area contributed by atoms with Gasteiger partial charge in [0.1, 0.15) is 11.2 Å². The minimum absolute atomic E-state index is 0.900. The first-order chi connectivity index (χ1) is 30.7. The normalized spacial score (nSPS) is 11.5. The van der Waals surface area contributed by atoms with Gasteiger partial charge in [-0.05, 0) is 131 Å². The molecule has 12 aromatic rings. The van der Waals surface area contributed by atoms with E-state index in [4.69, 9.17) is 4.42 Å². The van der Waals surface area contributed by atoms with Gasteiger partial charge in [0.15, 0.2) is 0 Å². The molecule has 0 fully saturated rings. The zero-order valence-electron chi connectivity index (χ0n) is 33.9. The Bertz CT molecular complexity index is 3620. The van der Waals surface area contributed by atoms with Gasteiger partial charge in [0.05, 0.1) is 0 Å². The summed E-state index contributed by atoms with van der Waals surface area (Å²) >= 11 is 0. The van der Waals surface area contributed by atoms with E-state index >= 15 is 0 Å². The van der Waals surface area contributed by atoms with Crippen LogP contribution >= 0.6 is 0 Å². The molecule has 0 unspecified atom stereocenters. The molecule has 1 aromatic heterocycles. The van der Waals surface area contributed by atoms with Crippen molar-refractivity contribution in [2.45, 2.75) is 0 Å². The summed E-state index contributed by atoms with van der Waals surface area (Å²) < 4.78 is 6.25. The number of para-hydroxylation sites is 1. The van der Waals surface area contributed by atoms with Crippen LogP contribution in [0.5, 0.6) is 0 Å². The molecule has 12 rings (SSSR count). The van der Waals surface area contributed by atoms with E-state index in [-0.39, 0.29) is 0 Å². The summed E-state index contributed by atoms with van der Waals surface area (Å²) in [6.45, 7) is 0. The number of benzene rings is 11. The standard InChI is InChI=1S/C60H39NO/c1-2-12-46-38-48(27-24-40(46)10-1)42-28-33-49(34-29-42)61(50-35-30-45(31-36-50)54-18-9-21-59-60(54)57-16-5-6-20-58(57)62-59)51-14-7-13-47(39-51)41-22-25-44(26-23-41)53-17-8-19-55-52-15-4-3-11-43(52)32-37-56(53)55/h1-39H. The zero-order valence-corrected chi connectivity index (χ0v) is 33.9. The lowest BCUT2D eigenvalue weighted by molar-refractivity contribution is 0.669. The van der Waals surface area contributed by atoms with E-state index in [1.165, 1.54) is 60.1 Å². The maximum absolute atomic E-state index is 6.25. The smallest absolute Gasteiger partial charge is 0.136 e. The van der Waals surface area contributed by atoms with Gasteiger partial charge < -0.3 is 9.32 Å². The van der Waals surface area contributed by atoms with E-state index in [9.17, 15) is 0 Å². The number of hydrogen-bond acceptors (Lipinski definition) is 2. The van der Waals surface area contributed by atoms with Gasteiger partial charge in [-0.3, -0.25) is 0 Å². The van der Waals surface area contributed by atoms with Crippen LogP contribution in [0, 0.1) is 0 Å². The molecular weight excluding hydrogens is 751 g/mol. The summed E-state index contributed by atoms with van der Waals surface area (Å²) in [5.41, 5.74) is 14.5. The van der Waals surface area contributed by atoms with E-state index in [1.54, 1.807) is 0 Å². The molecule has 0 atom stereocenters. The minimum Gasteiger partial charge on any atom is -0.456 e. The van der Waals surface area contributed by atoms with Gasteiger partial charge in [-0.1, -0.05) is 182 Å². The summed E-state index contributed by atoms with van der Waals surface area (Å²) in [4.78, 5) is 2.36. The summed E-state index contributed by atoms with van der Waals surface area (Å²) in [6.07, 6.45) is 0. The van der Waals surface area contributed by atoms with Crippen LogP contribution in [0.15, 0.2) is 241 Å². The lowest BCUT2D eigenvalue weighted by atomic mass is 9.93. The minimum atomic E-state index is 0.900. The highest BCUT2D eigenvalue weighted by atomic mass is 16.3. The Hall–Kier alpha value is -8.20. The van der Waals surface area contributed by atoms with Crippen LogP contribution in [0.1, 0.15) is 0 Å². The van der Waals surface area contributed by atoms with Crippen molar-refractivity contribution < 1.29 is 4.42 Å². The van der Waals surface area contributed by atoms with E-state index in [0.717, 1.165) is 55.7 Å². The van der Waals surface area contributed by atoms with E-state index in [2.05, 4.69) is 229 Å². The summed E-state index contributed by atoms with van der Waals surface area (Å²) in [5.74, 6) is 0. The van der Waals surface area contributed by atoms with Gasteiger partial charge >= 0.3 is 0 Å². The van der Waals surface area contributed by atoms with Crippen molar-refractivity contribution in [1.82, 2.24) is 0 Å². The SMILES string of the molecule is c1cc(-c2ccc(-c3cccc4c3ccc3ccccc34)cc2)cc(N(c2ccc(-c3ccc4ccccc4c3)cc2)c2ccc(-c3cccc4oc5ccccc5c34)cc2)c1. The molecule has 0 amide bonds. The quantitative estimate of drug-likeness (QED) is 0.150. The van der Waals surface area contributed by atoms with Gasteiger partial charge in [0, 0.05) is 27.8 Å². The van der Waals surface area contributed by atoms with E-state index < -0.39 is 0 Å². The molecule has 2 nitrogen and oxygen atoms in total. The predicted octanol–water partition coefficient (Wildman–Crippen LogP) is 17.2. The molecule has 0 spiro atoms. The van der Waals surface area contributed by atoms with Crippen molar-refractivity contribution in [1.29, 1.82) is 0 Å². The fraction of sp³-hybridized carbons (Fsp3) is 0. The van der Waals surface area contributed by atoms with Crippen molar-refractivity contribution in [3.63, 3.8) is 0 Å². The Morgan fingerprint density at radius 3 is 1.60 bits per heavy atom. The maximum Gasteiger partial charge on any atom is 0.136 e. The molecule has 1 heterocycles. The van der Waals surface area contributed by atoms with Crippen LogP contribution in [-0.4, -0.2) is 0 Å². The van der Waals surface area contributed by atoms with Crippen molar-refractivity contribution in [2.24, 2.45) is 0 Å². The van der Waals surface area contributed by atoms with Gasteiger partial charge in [0.2, 0.25) is 0 Å². The van der Waals surface area contributed by atoms with E-state index in [0.29, 0.717) is 0 Å². The second-order valence-electron chi connectivity index (χ2n) is 16.1. The number of rotatable bonds is 7. The first-order valence-corrected chi connectivity index (χ1v) is 21.2. The molecule has 62 heavy (non-hydrogen) atoms. The average molecular weight is 790 g/mol. The Labute approximate surface area is 360 Å². The zero-order chi connectivity index (χ0) is 41.0. The molecule has 0 N–H and O–H groups in total. The first kappa shape index (κ1) is 35.7. The van der Waals surface area contributed by atoms with Crippen LogP contribution in [0.4, 0.5) is 17.1 Å². The van der Waals surface area contributed by atoms with Crippen molar-refractivity contribution in [2.75, 3.05) is 4.90 Å². The highest BCUT2D eigenvalue weighted by Gasteiger charge is 2.17. The molecule has 0 radical (unpaired) electrons. The number of hydrogen-bond donors (Lipinski definition) is 0. The van der Waals surface area contributed by atoms with Crippen molar-refractivity contribution in [3.8, 4) is 44.5 Å². The molecule has 0 aliphatic heterocycles. The fourth-order valence-corrected chi connectivity index (χ4v) is 9.38. The second-order valence-corrected chi connectivity index (χ2v) is 16.1. The first-order valence-electron chi connectivity index (χ1n) is 21.2. The molecule has 290 valence electrons. The van der Waals surface area contributed by atoms with Crippen LogP contribution in [0.3, 0.4) is 0 Å². The van der Waals surface area contributed by atoms with Gasteiger partial charge in [-0.15, -0.1) is 0 Å². The highest BCUT2D eigenvalue weighted by molar-refractivity contribution is 6.13. The summed E-state index contributed by atoms with van der Waals surface area (Å²) in [5, 5.41) is 9.86. The molecule has 0 saturated carbocycles. The van der Waals surface area contributed by atoms with Crippen LogP contribution < -0.4 is 4.90 Å². The van der Waals surface area contributed by atoms with Gasteiger partial charge in [-0.2, -0.15) is 0 Å². The third-order valence-corrected chi connectivity index (χ3v) is 12.5. The van der Waals surface area contributed by atoms with Crippen molar-refractivity contribution >= 4 is 71.3 Å². The van der Waals surface area contributed by atoms with Gasteiger partial charge in [-0.25, -0.2) is 0 Å². The number of fused-ring (bicyclic) bond motifs is 7. The Morgan fingerprint density at radius 2 is 0.790 bits per heavy atom. The number of nitrogens with zero attached hydrogens (tertiary/aromatic N) is 1. The molecule has 0 aliphatic rings. The molecule has 0 bridgehead atoms. The third-order valence-electron chi connectivity index (χ3n) is 12.5. The molecule has 0 aliphatic carbocycles. The Morgan fingerprint density at radius 1 is 0.258 bits per heavy atom. The highest BCUT2D eigenvalue weighted by Crippen LogP contribution is 2.41. The van der Waals surface area contributed by atoms with Crippen LogP contribution in [0.25, 0.3) is 98.8 Å². The summed E-state index contributed by atoms with van der Waals surface area (Å²) in [6, 6.07) is 85.5. The van der Waals surface area contributed by atoms with E-state index in [1.807, 2.05) is 12.1 Å². The monoisotopic (exact) mass is 789 g/mol. The topological polar surface area (TPSA) is 16.4 Å². The Kier molecular flexibility index (Phi) is 8.53. The van der Waals surface area contributed by atoms with Crippen LogP contribution in [0.2, 0.25) is 0 Å². The molecular formula is C60H39NO. The number of furan rings is 1. The number of anilines is 3. The average Bonchev–Trinajstić information content (AvgIpc) is 3.73. The lowest BCUT2D eigenvalue weighted by Crippen LogP contribution is -2.10. The predicted molar refractivity (Wildman–Crippen MR) is 263 cm³/mol. The lowest BCUT2D eigenvalue weighted by Gasteiger charge is -2.26. The maximum atomic E-state index is 6.25. The molecule has 0 saturated heterocycles. The van der Waals surface area contributed by atoms with Gasteiger partial charge in [0.25, 0.3) is 0 Å². The van der Waals surface area contributed by atoms with Crippen molar-refractivity contribution in [3.05, 3.63) is 237 Å². The molecule has 11 aromatic carbocycles.